The van der Waals surface area contributed by atoms with Crippen LogP contribution in [0.15, 0.2) is 22.6 Å². The topological polar surface area (TPSA) is 59.5 Å². The van der Waals surface area contributed by atoms with Gasteiger partial charge in [-0.2, -0.15) is 0 Å². The van der Waals surface area contributed by atoms with E-state index in [4.69, 9.17) is 10.2 Å². The van der Waals surface area contributed by atoms with E-state index in [1.165, 1.54) is 11.1 Å². The fourth-order valence-corrected chi connectivity index (χ4v) is 3.31. The summed E-state index contributed by atoms with van der Waals surface area (Å²) >= 11 is 0. The molecule has 2 aromatic rings. The van der Waals surface area contributed by atoms with Gasteiger partial charge in [-0.3, -0.25) is 4.79 Å². The number of halogens is 1. The van der Waals surface area contributed by atoms with E-state index in [2.05, 4.69) is 19.9 Å². The zero-order valence-corrected chi connectivity index (χ0v) is 14.8. The largest absolute Gasteiger partial charge is 0.451 e. The number of piperidine rings is 1. The monoisotopic (exact) mass is 336 g/mol. The maximum Gasteiger partial charge on any atom is 0.289 e. The van der Waals surface area contributed by atoms with Gasteiger partial charge < -0.3 is 15.1 Å². The van der Waals surface area contributed by atoms with Gasteiger partial charge in [0.15, 0.2) is 5.76 Å². The van der Waals surface area contributed by atoms with Crippen molar-refractivity contribution in [1.29, 1.82) is 0 Å². The zero-order valence-electron chi connectivity index (χ0n) is 14.0. The molecule has 1 saturated heterocycles. The second-order valence-corrected chi connectivity index (χ2v) is 6.51. The van der Waals surface area contributed by atoms with E-state index >= 15 is 0 Å². The molecule has 0 spiro atoms. The first-order chi connectivity index (χ1) is 10.5. The van der Waals surface area contributed by atoms with Crippen molar-refractivity contribution in [3.05, 3.63) is 35.1 Å². The van der Waals surface area contributed by atoms with Crippen LogP contribution >= 0.6 is 12.4 Å². The summed E-state index contributed by atoms with van der Waals surface area (Å²) in [6, 6.07) is 6.03. The number of hydrogen-bond acceptors (Lipinski definition) is 3. The molecule has 5 heteroatoms. The van der Waals surface area contributed by atoms with Crippen molar-refractivity contribution in [2.75, 3.05) is 6.54 Å². The number of carbonyl (C=O) groups excluding carboxylic acids is 1. The molecule has 1 aliphatic rings. The Morgan fingerprint density at radius 1 is 1.26 bits per heavy atom. The Morgan fingerprint density at radius 3 is 2.65 bits per heavy atom. The zero-order chi connectivity index (χ0) is 15.9. The van der Waals surface area contributed by atoms with Crippen molar-refractivity contribution in [3.8, 4) is 0 Å². The summed E-state index contributed by atoms with van der Waals surface area (Å²) < 4.78 is 5.81. The number of amides is 1. The van der Waals surface area contributed by atoms with Crippen LogP contribution in [-0.2, 0) is 0 Å². The summed E-state index contributed by atoms with van der Waals surface area (Å²) in [7, 11) is 0. The Balaban J connectivity index is 0.00000192. The third kappa shape index (κ3) is 3.38. The summed E-state index contributed by atoms with van der Waals surface area (Å²) in [5, 5.41) is 0.987. The lowest BCUT2D eigenvalue weighted by atomic mass is 9.96. The standard InChI is InChI=1S/C18H24N2O2.ClH/c1-11-8-14-10-17(22-16(14)9-12(11)2)18(21)20-7-5-4-6-15(20)13(3)19;/h8-10,13,15H,4-7,19H2,1-3H3;1H. The van der Waals surface area contributed by atoms with Crippen LogP contribution in [0.1, 0.15) is 47.9 Å². The van der Waals surface area contributed by atoms with Crippen LogP contribution in [0.2, 0.25) is 0 Å². The Hall–Kier alpha value is -1.52. The van der Waals surface area contributed by atoms with Gasteiger partial charge in [0.05, 0.1) is 0 Å². The van der Waals surface area contributed by atoms with E-state index in [0.29, 0.717) is 5.76 Å². The maximum absolute atomic E-state index is 12.8. The lowest BCUT2D eigenvalue weighted by Gasteiger charge is -2.37. The molecule has 4 nitrogen and oxygen atoms in total. The molecule has 23 heavy (non-hydrogen) atoms. The molecule has 0 aliphatic carbocycles. The molecule has 2 atom stereocenters. The number of furan rings is 1. The molecule has 0 bridgehead atoms. The molecule has 1 aromatic heterocycles. The number of fused-ring (bicyclic) bond motifs is 1. The van der Waals surface area contributed by atoms with Gasteiger partial charge in [0.2, 0.25) is 0 Å². The molecule has 1 fully saturated rings. The molecule has 1 aromatic carbocycles. The van der Waals surface area contributed by atoms with Crippen molar-refractivity contribution in [2.45, 2.75) is 52.1 Å². The van der Waals surface area contributed by atoms with Crippen LogP contribution in [-0.4, -0.2) is 29.4 Å². The summed E-state index contributed by atoms with van der Waals surface area (Å²) in [5.74, 6) is 0.390. The first-order valence-corrected chi connectivity index (χ1v) is 8.04. The van der Waals surface area contributed by atoms with Crippen molar-refractivity contribution in [3.63, 3.8) is 0 Å². The predicted molar refractivity (Wildman–Crippen MR) is 95.3 cm³/mol. The summed E-state index contributed by atoms with van der Waals surface area (Å²) in [6.07, 6.45) is 3.14. The molecular weight excluding hydrogens is 312 g/mol. The molecule has 0 saturated carbocycles. The molecule has 3 rings (SSSR count). The van der Waals surface area contributed by atoms with Crippen LogP contribution in [0.25, 0.3) is 11.0 Å². The lowest BCUT2D eigenvalue weighted by Crippen LogP contribution is -2.51. The van der Waals surface area contributed by atoms with Crippen molar-refractivity contribution < 1.29 is 9.21 Å². The molecule has 1 amide bonds. The van der Waals surface area contributed by atoms with Gasteiger partial charge in [-0.05, 0) is 69.4 Å². The Bertz CT molecular complexity index is 669. The van der Waals surface area contributed by atoms with Gasteiger partial charge in [0, 0.05) is 24.0 Å². The van der Waals surface area contributed by atoms with Gasteiger partial charge in [-0.25, -0.2) is 0 Å². The molecule has 1 aliphatic heterocycles. The van der Waals surface area contributed by atoms with E-state index in [-0.39, 0.29) is 30.4 Å². The Labute approximate surface area is 143 Å². The third-order valence-corrected chi connectivity index (χ3v) is 4.76. The Morgan fingerprint density at radius 2 is 1.96 bits per heavy atom. The number of benzene rings is 1. The van der Waals surface area contributed by atoms with Gasteiger partial charge in [-0.15, -0.1) is 12.4 Å². The highest BCUT2D eigenvalue weighted by Crippen LogP contribution is 2.26. The minimum Gasteiger partial charge on any atom is -0.451 e. The summed E-state index contributed by atoms with van der Waals surface area (Å²) in [5.41, 5.74) is 9.22. The van der Waals surface area contributed by atoms with E-state index in [1.54, 1.807) is 0 Å². The molecule has 2 N–H and O–H groups in total. The minimum absolute atomic E-state index is 0. The molecule has 0 radical (unpaired) electrons. The third-order valence-electron chi connectivity index (χ3n) is 4.76. The lowest BCUT2D eigenvalue weighted by molar-refractivity contribution is 0.0554. The highest BCUT2D eigenvalue weighted by atomic mass is 35.5. The first-order valence-electron chi connectivity index (χ1n) is 8.04. The van der Waals surface area contributed by atoms with Crippen LogP contribution in [0, 0.1) is 13.8 Å². The molecule has 126 valence electrons. The predicted octanol–water partition coefficient (Wildman–Crippen LogP) is 3.81. The average Bonchev–Trinajstić information content (AvgIpc) is 2.89. The van der Waals surface area contributed by atoms with E-state index in [1.807, 2.05) is 24.0 Å². The fraction of sp³-hybridized carbons (Fsp3) is 0.500. The first kappa shape index (κ1) is 17.8. The Kier molecular flexibility index (Phi) is 5.37. The van der Waals surface area contributed by atoms with Gasteiger partial charge in [0.25, 0.3) is 5.91 Å². The van der Waals surface area contributed by atoms with E-state index in [0.717, 1.165) is 36.8 Å². The fourth-order valence-electron chi connectivity index (χ4n) is 3.31. The number of hydrogen-bond donors (Lipinski definition) is 1. The average molecular weight is 337 g/mol. The summed E-state index contributed by atoms with van der Waals surface area (Å²) in [6.45, 7) is 6.86. The van der Waals surface area contributed by atoms with Crippen LogP contribution in [0.5, 0.6) is 0 Å². The molecule has 2 unspecified atom stereocenters. The highest BCUT2D eigenvalue weighted by Gasteiger charge is 2.31. The van der Waals surface area contributed by atoms with Crippen molar-refractivity contribution in [1.82, 2.24) is 4.90 Å². The number of rotatable bonds is 2. The van der Waals surface area contributed by atoms with Crippen LogP contribution in [0.4, 0.5) is 0 Å². The number of nitrogens with zero attached hydrogens (tertiary/aromatic N) is 1. The second kappa shape index (κ2) is 6.93. The van der Waals surface area contributed by atoms with Crippen molar-refractivity contribution >= 4 is 29.3 Å². The quantitative estimate of drug-likeness (QED) is 0.907. The minimum atomic E-state index is -0.0338. The maximum atomic E-state index is 12.8. The van der Waals surface area contributed by atoms with Crippen LogP contribution in [0.3, 0.4) is 0 Å². The number of aryl methyl sites for hydroxylation is 2. The van der Waals surface area contributed by atoms with E-state index < -0.39 is 0 Å². The van der Waals surface area contributed by atoms with Gasteiger partial charge in [-0.1, -0.05) is 0 Å². The molecular formula is C18H25ClN2O2. The highest BCUT2D eigenvalue weighted by molar-refractivity contribution is 5.96. The smallest absolute Gasteiger partial charge is 0.289 e. The van der Waals surface area contributed by atoms with Crippen molar-refractivity contribution in [2.24, 2.45) is 5.73 Å². The normalized spacial score (nSPS) is 19.5. The van der Waals surface area contributed by atoms with E-state index in [9.17, 15) is 4.79 Å². The van der Waals surface area contributed by atoms with Gasteiger partial charge in [0.1, 0.15) is 5.58 Å². The SMILES string of the molecule is Cc1cc2cc(C(=O)N3CCCCC3C(C)N)oc2cc1C.Cl. The van der Waals surface area contributed by atoms with Crippen LogP contribution < -0.4 is 5.73 Å². The second-order valence-electron chi connectivity index (χ2n) is 6.51. The molecule has 2 heterocycles. The van der Waals surface area contributed by atoms with Gasteiger partial charge >= 0.3 is 0 Å². The number of nitrogens with two attached hydrogens (primary N) is 1. The summed E-state index contributed by atoms with van der Waals surface area (Å²) in [4.78, 5) is 14.7. The number of carbonyl (C=O) groups is 1. The number of likely N-dealkylation sites (tertiary alicyclic amines) is 1.